The Morgan fingerprint density at radius 2 is 1.31 bits per heavy atom. The Bertz CT molecular complexity index is 1070. The summed E-state index contributed by atoms with van der Waals surface area (Å²) in [7, 11) is 0. The van der Waals surface area contributed by atoms with Gasteiger partial charge in [-0.2, -0.15) is 0 Å². The first-order valence-electron chi connectivity index (χ1n) is 9.06. The van der Waals surface area contributed by atoms with E-state index in [4.69, 9.17) is 0 Å². The van der Waals surface area contributed by atoms with Crippen molar-refractivity contribution < 1.29 is 14.6 Å². The molecule has 3 aromatic carbocycles. The summed E-state index contributed by atoms with van der Waals surface area (Å²) in [5, 5.41) is 22.5. The third kappa shape index (κ3) is 3.27. The lowest BCUT2D eigenvalue weighted by Crippen LogP contribution is -2.27. The van der Waals surface area contributed by atoms with Crippen molar-refractivity contribution >= 4 is 11.5 Å². The van der Waals surface area contributed by atoms with Gasteiger partial charge in [0.25, 0.3) is 5.69 Å². The van der Waals surface area contributed by atoms with Gasteiger partial charge in [0, 0.05) is 34.1 Å². The number of fused-ring (bicyclic) bond motifs is 2. The van der Waals surface area contributed by atoms with Crippen molar-refractivity contribution in [3.05, 3.63) is 121 Å². The first-order chi connectivity index (χ1) is 14.0. The van der Waals surface area contributed by atoms with Crippen molar-refractivity contribution in [3.8, 4) is 0 Å². The van der Waals surface area contributed by atoms with Crippen molar-refractivity contribution in [1.82, 2.24) is 0 Å². The fraction of sp³-hybridized carbons (Fsp3) is 0.136. The number of rotatable bonds is 5. The number of benzene rings is 3. The van der Waals surface area contributed by atoms with Crippen LogP contribution in [0.5, 0.6) is 0 Å². The maximum atomic E-state index is 12.9. The minimum absolute atomic E-state index is 0.0757. The van der Waals surface area contributed by atoms with Gasteiger partial charge in [0.15, 0.2) is 5.78 Å². The van der Waals surface area contributed by atoms with E-state index in [2.05, 4.69) is 0 Å². The summed E-state index contributed by atoms with van der Waals surface area (Å²) in [6, 6.07) is 20.1. The van der Waals surface area contributed by atoms with Crippen molar-refractivity contribution in [3.63, 3.8) is 0 Å². The lowest BCUT2D eigenvalue weighted by Gasteiger charge is -2.32. The van der Waals surface area contributed by atoms with Gasteiger partial charge in [0.2, 0.25) is 6.54 Å². The summed E-state index contributed by atoms with van der Waals surface area (Å²) in [4.78, 5) is 34.6. The molecule has 0 spiro atoms. The van der Waals surface area contributed by atoms with E-state index in [1.165, 1.54) is 12.1 Å². The molecule has 0 aromatic heterocycles. The third-order valence-electron chi connectivity index (χ3n) is 5.36. The number of nitrogens with zero attached hydrogens (tertiary/aromatic N) is 2. The summed E-state index contributed by atoms with van der Waals surface area (Å²) < 4.78 is 0. The maximum Gasteiger partial charge on any atom is 0.269 e. The predicted molar refractivity (Wildman–Crippen MR) is 106 cm³/mol. The summed E-state index contributed by atoms with van der Waals surface area (Å²) in [5.41, 5.74) is 3.09. The monoisotopic (exact) mass is 388 g/mol. The van der Waals surface area contributed by atoms with Gasteiger partial charge in [-0.25, -0.2) is 0 Å². The van der Waals surface area contributed by atoms with Crippen LogP contribution in [0.3, 0.4) is 0 Å². The number of nitro benzene ring substituents is 1. The summed E-state index contributed by atoms with van der Waals surface area (Å²) >= 11 is 0. The average molecular weight is 388 g/mol. The highest BCUT2D eigenvalue weighted by molar-refractivity contribution is 6.12. The Morgan fingerprint density at radius 3 is 1.79 bits per heavy atom. The average Bonchev–Trinajstić information content (AvgIpc) is 2.73. The molecule has 4 rings (SSSR count). The zero-order valence-electron chi connectivity index (χ0n) is 15.2. The second-order valence-corrected chi connectivity index (χ2v) is 6.95. The lowest BCUT2D eigenvalue weighted by atomic mass is 9.70. The highest BCUT2D eigenvalue weighted by Gasteiger charge is 2.38. The molecular weight excluding hydrogens is 372 g/mol. The van der Waals surface area contributed by atoms with Crippen LogP contribution in [0.4, 0.5) is 5.69 Å². The molecule has 0 N–H and O–H groups in total. The molecule has 0 aliphatic heterocycles. The quantitative estimate of drug-likeness (QED) is 0.478. The van der Waals surface area contributed by atoms with Crippen LogP contribution in [-0.4, -0.2) is 22.2 Å². The summed E-state index contributed by atoms with van der Waals surface area (Å²) in [6.07, 6.45) is 0. The molecule has 3 aromatic rings. The molecule has 0 amide bonds. The van der Waals surface area contributed by atoms with Crippen LogP contribution in [0.25, 0.3) is 0 Å². The Hall–Kier alpha value is -3.87. The molecule has 0 radical (unpaired) electrons. The largest absolute Gasteiger partial charge is 0.289 e. The third-order valence-corrected chi connectivity index (χ3v) is 5.36. The molecule has 0 saturated heterocycles. The molecule has 1 aliphatic carbocycles. The van der Waals surface area contributed by atoms with E-state index >= 15 is 0 Å². The fourth-order valence-corrected chi connectivity index (χ4v) is 4.10. The second-order valence-electron chi connectivity index (χ2n) is 6.95. The van der Waals surface area contributed by atoms with Gasteiger partial charge in [0.05, 0.1) is 10.8 Å². The Morgan fingerprint density at radius 1 is 0.793 bits per heavy atom. The number of nitro groups is 2. The molecule has 0 saturated carbocycles. The van der Waals surface area contributed by atoms with Crippen LogP contribution in [0.1, 0.15) is 44.4 Å². The fourth-order valence-electron chi connectivity index (χ4n) is 4.10. The van der Waals surface area contributed by atoms with Crippen molar-refractivity contribution in [2.75, 3.05) is 6.54 Å². The number of hydrogen-bond acceptors (Lipinski definition) is 5. The molecule has 7 nitrogen and oxygen atoms in total. The van der Waals surface area contributed by atoms with Crippen LogP contribution in [0.15, 0.2) is 72.8 Å². The van der Waals surface area contributed by atoms with Crippen LogP contribution < -0.4 is 0 Å². The Kier molecular flexibility index (Phi) is 4.64. The first kappa shape index (κ1) is 18.5. The van der Waals surface area contributed by atoms with Crippen LogP contribution in [-0.2, 0) is 0 Å². The SMILES string of the molecule is O=C1c2ccccc2C(C(C[N+](=O)[O-])c2ccc([N+](=O)[O-])cc2)c2ccccc21. The highest BCUT2D eigenvalue weighted by atomic mass is 16.6. The molecule has 29 heavy (non-hydrogen) atoms. The van der Waals surface area contributed by atoms with Crippen molar-refractivity contribution in [2.24, 2.45) is 0 Å². The second kappa shape index (κ2) is 7.27. The van der Waals surface area contributed by atoms with E-state index < -0.39 is 16.8 Å². The molecule has 0 fully saturated rings. The number of ketones is 1. The maximum absolute atomic E-state index is 12.9. The highest BCUT2D eigenvalue weighted by Crippen LogP contribution is 2.45. The number of non-ortho nitro benzene ring substituents is 1. The number of carbonyl (C=O) groups is 1. The number of carbonyl (C=O) groups excluding carboxylic acids is 1. The molecule has 144 valence electrons. The Labute approximate surface area is 165 Å². The van der Waals surface area contributed by atoms with Gasteiger partial charge in [-0.15, -0.1) is 0 Å². The first-order valence-corrected chi connectivity index (χ1v) is 9.06. The molecule has 0 bridgehead atoms. The summed E-state index contributed by atoms with van der Waals surface area (Å²) in [5.74, 6) is -1.09. The molecule has 0 heterocycles. The van der Waals surface area contributed by atoms with E-state index in [0.717, 1.165) is 11.1 Å². The topological polar surface area (TPSA) is 103 Å². The van der Waals surface area contributed by atoms with Gasteiger partial charge in [0.1, 0.15) is 0 Å². The molecule has 1 atom stereocenters. The molecular formula is C22H16N2O5. The van der Waals surface area contributed by atoms with Crippen LogP contribution in [0, 0.1) is 20.2 Å². The molecule has 7 heteroatoms. The van der Waals surface area contributed by atoms with Crippen molar-refractivity contribution in [1.29, 1.82) is 0 Å². The van der Waals surface area contributed by atoms with Gasteiger partial charge in [-0.3, -0.25) is 25.0 Å². The van der Waals surface area contributed by atoms with E-state index in [1.54, 1.807) is 36.4 Å². The minimum Gasteiger partial charge on any atom is -0.289 e. The van der Waals surface area contributed by atoms with Gasteiger partial charge in [-0.05, 0) is 16.7 Å². The van der Waals surface area contributed by atoms with E-state index in [-0.39, 0.29) is 22.9 Å². The van der Waals surface area contributed by atoms with Gasteiger partial charge < -0.3 is 0 Å². The van der Waals surface area contributed by atoms with Crippen LogP contribution in [0.2, 0.25) is 0 Å². The van der Waals surface area contributed by atoms with E-state index in [1.807, 2.05) is 24.3 Å². The van der Waals surface area contributed by atoms with Crippen molar-refractivity contribution in [2.45, 2.75) is 11.8 Å². The van der Waals surface area contributed by atoms with E-state index in [9.17, 15) is 25.0 Å². The van der Waals surface area contributed by atoms with Gasteiger partial charge in [-0.1, -0.05) is 60.7 Å². The number of hydrogen-bond donors (Lipinski definition) is 0. The zero-order chi connectivity index (χ0) is 20.5. The predicted octanol–water partition coefficient (Wildman–Crippen LogP) is 4.33. The Balaban J connectivity index is 1.91. The summed E-state index contributed by atoms with van der Waals surface area (Å²) in [6.45, 7) is -0.362. The molecule has 1 unspecified atom stereocenters. The van der Waals surface area contributed by atoms with Crippen LogP contribution >= 0.6 is 0 Å². The normalized spacial score (nSPS) is 14.0. The zero-order valence-corrected chi connectivity index (χ0v) is 15.2. The van der Waals surface area contributed by atoms with E-state index in [0.29, 0.717) is 16.7 Å². The lowest BCUT2D eigenvalue weighted by molar-refractivity contribution is -0.483. The molecule has 1 aliphatic rings. The standard InChI is InChI=1S/C22H16N2O5/c25-22-18-7-3-1-5-16(18)21(17-6-2-4-8-19(17)22)20(13-23(26)27)14-9-11-15(12-10-14)24(28)29/h1-12,20-21H,13H2. The van der Waals surface area contributed by atoms with Gasteiger partial charge >= 0.3 is 0 Å². The smallest absolute Gasteiger partial charge is 0.269 e. The minimum atomic E-state index is -0.582.